The average Bonchev–Trinajstić information content (AvgIpc) is 3.37. The van der Waals surface area contributed by atoms with Gasteiger partial charge in [-0.2, -0.15) is 10.2 Å². The van der Waals surface area contributed by atoms with Gasteiger partial charge in [-0.15, -0.1) is 0 Å². The van der Waals surface area contributed by atoms with Crippen LogP contribution in [0.15, 0.2) is 12.3 Å². The highest BCUT2D eigenvalue weighted by atomic mass is 16.2. The Morgan fingerprint density at radius 1 is 1.21 bits per heavy atom. The van der Waals surface area contributed by atoms with Crippen LogP contribution >= 0.6 is 0 Å². The number of nitrogens with zero attached hydrogens (tertiary/aromatic N) is 2. The van der Waals surface area contributed by atoms with Crippen molar-refractivity contribution < 1.29 is 4.79 Å². The third-order valence-electron chi connectivity index (χ3n) is 6.38. The number of rotatable bonds is 3. The summed E-state index contributed by atoms with van der Waals surface area (Å²) in [5, 5.41) is 17.6. The van der Waals surface area contributed by atoms with Gasteiger partial charge in [-0.05, 0) is 49.5 Å². The van der Waals surface area contributed by atoms with Gasteiger partial charge in [0.25, 0.3) is 0 Å². The fraction of sp³-hybridized carbons (Fsp3) is 0.611. The molecule has 5 rings (SSSR count). The molecular formula is C18H23N5O. The van der Waals surface area contributed by atoms with Crippen molar-refractivity contribution in [3.8, 4) is 0 Å². The predicted octanol–water partition coefficient (Wildman–Crippen LogP) is 2.78. The first kappa shape index (κ1) is 14.3. The Morgan fingerprint density at radius 3 is 3.00 bits per heavy atom. The molecule has 4 unspecified atom stereocenters. The molecule has 3 aliphatic carbocycles. The van der Waals surface area contributed by atoms with E-state index in [-0.39, 0.29) is 11.8 Å². The lowest BCUT2D eigenvalue weighted by Gasteiger charge is -2.20. The number of hydrogen-bond acceptors (Lipinski definition) is 3. The van der Waals surface area contributed by atoms with Gasteiger partial charge in [0.05, 0.1) is 6.20 Å². The zero-order chi connectivity index (χ0) is 16.1. The maximum Gasteiger partial charge on any atom is 0.229 e. The van der Waals surface area contributed by atoms with Gasteiger partial charge in [0, 0.05) is 35.7 Å². The summed E-state index contributed by atoms with van der Waals surface area (Å²) in [5.41, 5.74) is 3.56. The lowest BCUT2D eigenvalue weighted by molar-refractivity contribution is -0.120. The summed E-state index contributed by atoms with van der Waals surface area (Å²) in [6.07, 6.45) is 9.82. The molecule has 1 amide bonds. The van der Waals surface area contributed by atoms with Gasteiger partial charge >= 0.3 is 0 Å². The monoisotopic (exact) mass is 325 g/mol. The van der Waals surface area contributed by atoms with Gasteiger partial charge in [0.15, 0.2) is 5.82 Å². The Hall–Kier alpha value is -2.11. The van der Waals surface area contributed by atoms with Crippen LogP contribution in [-0.4, -0.2) is 26.3 Å². The minimum atomic E-state index is 0.000549. The van der Waals surface area contributed by atoms with E-state index < -0.39 is 0 Å². The highest BCUT2D eigenvalue weighted by molar-refractivity contribution is 5.92. The van der Waals surface area contributed by atoms with E-state index in [0.29, 0.717) is 11.7 Å². The molecule has 2 heterocycles. The summed E-state index contributed by atoms with van der Waals surface area (Å²) in [6.45, 7) is 0. The molecule has 3 N–H and O–H groups in total. The lowest BCUT2D eigenvalue weighted by Crippen LogP contribution is -2.28. The largest absolute Gasteiger partial charge is 0.309 e. The molecular weight excluding hydrogens is 302 g/mol. The molecule has 6 nitrogen and oxygen atoms in total. The number of anilines is 1. The number of fused-ring (bicyclic) bond motifs is 3. The lowest BCUT2D eigenvalue weighted by atomic mass is 9.86. The number of aryl methyl sites for hydroxylation is 1. The van der Waals surface area contributed by atoms with Gasteiger partial charge in [-0.3, -0.25) is 15.0 Å². The van der Waals surface area contributed by atoms with Crippen molar-refractivity contribution in [1.82, 2.24) is 20.4 Å². The van der Waals surface area contributed by atoms with Gasteiger partial charge in [-0.1, -0.05) is 6.42 Å². The molecule has 0 aliphatic heterocycles. The Morgan fingerprint density at radius 2 is 2.17 bits per heavy atom. The van der Waals surface area contributed by atoms with E-state index in [0.717, 1.165) is 36.8 Å². The van der Waals surface area contributed by atoms with E-state index in [4.69, 9.17) is 0 Å². The van der Waals surface area contributed by atoms with E-state index in [1.807, 2.05) is 12.3 Å². The standard InChI is InChI=1S/C18H23N5O/c24-18(12-3-4-13-9-19-21-15(13)7-12)20-17-8-16(22-23-17)14-6-10-1-2-11(14)5-10/h8-12,14H,1-7H2,(H,19,21)(H2,20,22,23,24). The highest BCUT2D eigenvalue weighted by Crippen LogP contribution is 2.52. The molecule has 0 aromatic carbocycles. The van der Waals surface area contributed by atoms with Crippen molar-refractivity contribution in [2.24, 2.45) is 17.8 Å². The van der Waals surface area contributed by atoms with E-state index in [9.17, 15) is 4.79 Å². The number of aromatic amines is 2. The van der Waals surface area contributed by atoms with Crippen LogP contribution < -0.4 is 5.32 Å². The van der Waals surface area contributed by atoms with Crippen molar-refractivity contribution in [1.29, 1.82) is 0 Å². The number of carbonyl (C=O) groups is 1. The normalized spacial score (nSPS) is 31.2. The first-order valence-corrected chi connectivity index (χ1v) is 9.13. The number of hydrogen-bond donors (Lipinski definition) is 3. The van der Waals surface area contributed by atoms with Crippen molar-refractivity contribution in [2.75, 3.05) is 5.32 Å². The number of amides is 1. The first-order chi connectivity index (χ1) is 11.8. The van der Waals surface area contributed by atoms with Crippen LogP contribution in [0.5, 0.6) is 0 Å². The van der Waals surface area contributed by atoms with E-state index >= 15 is 0 Å². The van der Waals surface area contributed by atoms with E-state index in [1.165, 1.54) is 36.9 Å². The van der Waals surface area contributed by atoms with Crippen LogP contribution in [-0.2, 0) is 17.6 Å². The predicted molar refractivity (Wildman–Crippen MR) is 89.5 cm³/mol. The van der Waals surface area contributed by atoms with Gasteiger partial charge in [0.2, 0.25) is 5.91 Å². The van der Waals surface area contributed by atoms with E-state index in [1.54, 1.807) is 0 Å². The second kappa shape index (κ2) is 5.46. The molecule has 3 aliphatic rings. The Bertz CT molecular complexity index is 763. The molecule has 0 radical (unpaired) electrons. The van der Waals surface area contributed by atoms with E-state index in [2.05, 4.69) is 25.7 Å². The molecule has 0 saturated heterocycles. The van der Waals surface area contributed by atoms with Gasteiger partial charge < -0.3 is 5.32 Å². The molecule has 24 heavy (non-hydrogen) atoms. The molecule has 126 valence electrons. The van der Waals surface area contributed by atoms with Crippen LogP contribution in [0, 0.1) is 17.8 Å². The summed E-state index contributed by atoms with van der Waals surface area (Å²) in [6, 6.07) is 2.05. The Balaban J connectivity index is 1.25. The van der Waals surface area contributed by atoms with Crippen molar-refractivity contribution in [2.45, 2.75) is 50.9 Å². The molecule has 6 heteroatoms. The fourth-order valence-corrected chi connectivity index (χ4v) is 5.08. The Labute approximate surface area is 140 Å². The van der Waals surface area contributed by atoms with Crippen molar-refractivity contribution in [3.63, 3.8) is 0 Å². The second-order valence-corrected chi connectivity index (χ2v) is 7.79. The zero-order valence-electron chi connectivity index (χ0n) is 13.7. The van der Waals surface area contributed by atoms with Crippen LogP contribution in [0.1, 0.15) is 55.0 Å². The van der Waals surface area contributed by atoms with Gasteiger partial charge in [-0.25, -0.2) is 0 Å². The summed E-state index contributed by atoms with van der Waals surface area (Å²) >= 11 is 0. The first-order valence-electron chi connectivity index (χ1n) is 9.13. The Kier molecular flexibility index (Phi) is 3.24. The quantitative estimate of drug-likeness (QED) is 0.811. The molecule has 2 aromatic rings. The molecule has 2 saturated carbocycles. The summed E-state index contributed by atoms with van der Waals surface area (Å²) in [7, 11) is 0. The molecule has 0 spiro atoms. The van der Waals surface area contributed by atoms with Crippen molar-refractivity contribution >= 4 is 11.7 Å². The van der Waals surface area contributed by atoms with Crippen LogP contribution in [0.4, 0.5) is 5.82 Å². The molecule has 4 atom stereocenters. The van der Waals surface area contributed by atoms with Gasteiger partial charge in [0.1, 0.15) is 0 Å². The van der Waals surface area contributed by atoms with Crippen LogP contribution in [0.3, 0.4) is 0 Å². The smallest absolute Gasteiger partial charge is 0.229 e. The third-order valence-corrected chi connectivity index (χ3v) is 6.38. The highest BCUT2D eigenvalue weighted by Gasteiger charge is 2.41. The third kappa shape index (κ3) is 2.36. The minimum Gasteiger partial charge on any atom is -0.309 e. The SMILES string of the molecule is O=C(Nc1cc(C2CC3CCC2C3)[nH]n1)C1CCc2cn[nH]c2C1. The summed E-state index contributed by atoms with van der Waals surface area (Å²) < 4.78 is 0. The van der Waals surface area contributed by atoms with Crippen LogP contribution in [0.2, 0.25) is 0 Å². The minimum absolute atomic E-state index is 0.000549. The molecule has 2 aromatic heterocycles. The topological polar surface area (TPSA) is 86.5 Å². The fourth-order valence-electron chi connectivity index (χ4n) is 5.08. The number of H-pyrrole nitrogens is 2. The average molecular weight is 325 g/mol. The maximum absolute atomic E-state index is 12.6. The van der Waals surface area contributed by atoms with Crippen LogP contribution in [0.25, 0.3) is 0 Å². The number of carbonyl (C=O) groups excluding carboxylic acids is 1. The number of nitrogens with one attached hydrogen (secondary N) is 3. The zero-order valence-corrected chi connectivity index (χ0v) is 13.7. The van der Waals surface area contributed by atoms with Crippen molar-refractivity contribution in [3.05, 3.63) is 29.2 Å². The molecule has 2 bridgehead atoms. The second-order valence-electron chi connectivity index (χ2n) is 7.79. The number of aromatic nitrogens is 4. The summed E-state index contributed by atoms with van der Waals surface area (Å²) in [5.74, 6) is 3.09. The maximum atomic E-state index is 12.6. The summed E-state index contributed by atoms with van der Waals surface area (Å²) in [4.78, 5) is 12.6. The molecule has 2 fully saturated rings.